The molecule has 678 valence electrons. The number of benzene rings is 24. The maximum Gasteiger partial charge on any atom is 0.235 e. The molecule has 0 amide bonds. The van der Waals surface area contributed by atoms with E-state index in [9.17, 15) is 0 Å². The molecule has 0 saturated carbocycles. The predicted octanol–water partition coefficient (Wildman–Crippen LogP) is 36.1. The molecule has 8 aromatic heterocycles. The van der Waals surface area contributed by atoms with E-state index in [0.29, 0.717) is 17.8 Å². The standard InChI is InChI=1S/C50H29N3O.C44H25N3O.C40H25N3O/c1-2-12-33-27-34(18-17-30(33)9-1)35-22-25-44-42(28-35)47-37-13-5-3-10-31(37)21-26-45(47)53(44)50-51-43-16-8-7-15-41(43)48(52-50)36-20-23-39-40-24-19-32-11-4-6-14-38(32)49(40)54-46(39)29-36;1-4-12-30-26(9-1)19-23-37-40(30)41-31-13-5-2-10-27(31)20-24-38(41)47(37)44-45-36-16-8-7-15-35(36)42(46-44)29-18-21-33-34-22-17-28-11-3-6-14-32(28)43(34)48-39(33)25-29;1-2-13-30(14-3-1)43(31-21-18-26-10-4-5-12-28(26)24-31)40-41-36-17-9-8-16-35(36)38(42-40)29-20-22-33-34-23-19-27-11-6-7-15-32(27)39(34)44-37(33)25-29/h1-29H;1-25H;1-25H. The number of furan rings is 3. The molecular weight excluding hydrogens is 1780 g/mol. The van der Waals surface area contributed by atoms with E-state index in [2.05, 4.69) is 451 Å². The highest BCUT2D eigenvalue weighted by Gasteiger charge is 2.28. The molecule has 8 heterocycles. The number of rotatable bonds is 9. The second kappa shape index (κ2) is 32.9. The second-order valence-corrected chi connectivity index (χ2v) is 37.8. The molecule has 0 spiro atoms. The molecule has 0 fully saturated rings. The van der Waals surface area contributed by atoms with Crippen molar-refractivity contribution in [2.24, 2.45) is 0 Å². The van der Waals surface area contributed by atoms with Gasteiger partial charge < -0.3 is 13.3 Å². The number of aromatic nitrogens is 8. The van der Waals surface area contributed by atoms with Crippen molar-refractivity contribution in [1.29, 1.82) is 0 Å². The van der Waals surface area contributed by atoms with Crippen molar-refractivity contribution >= 4 is 246 Å². The zero-order valence-electron chi connectivity index (χ0n) is 78.4. The first-order valence-corrected chi connectivity index (χ1v) is 49.3. The van der Waals surface area contributed by atoms with Crippen molar-refractivity contribution in [1.82, 2.24) is 39.0 Å². The molecule has 32 aromatic rings. The fourth-order valence-electron chi connectivity index (χ4n) is 22.7. The van der Waals surface area contributed by atoms with Crippen LogP contribution in [0.4, 0.5) is 17.3 Å². The lowest BCUT2D eigenvalue weighted by atomic mass is 9.98. The van der Waals surface area contributed by atoms with Crippen LogP contribution in [0.1, 0.15) is 0 Å². The zero-order valence-corrected chi connectivity index (χ0v) is 78.4. The Bertz CT molecular complexity index is 11000. The number of para-hydroxylation sites is 4. The third-order valence-corrected chi connectivity index (χ3v) is 29.6. The first kappa shape index (κ1) is 82.1. The van der Waals surface area contributed by atoms with E-state index in [1.807, 2.05) is 42.5 Å². The molecule has 0 aliphatic carbocycles. The summed E-state index contributed by atoms with van der Waals surface area (Å²) >= 11 is 0. The fourth-order valence-corrected chi connectivity index (χ4v) is 22.7. The van der Waals surface area contributed by atoms with Gasteiger partial charge in [-0.1, -0.05) is 346 Å². The maximum atomic E-state index is 6.62. The molecule has 0 atom stereocenters. The van der Waals surface area contributed by atoms with Crippen LogP contribution in [-0.2, 0) is 0 Å². The number of nitrogens with zero attached hydrogens (tertiary/aromatic N) is 9. The van der Waals surface area contributed by atoms with Gasteiger partial charge >= 0.3 is 0 Å². The number of fused-ring (bicyclic) bond motifs is 32. The average molecular weight is 1860 g/mol. The lowest BCUT2D eigenvalue weighted by Crippen LogP contribution is -2.14. The van der Waals surface area contributed by atoms with Gasteiger partial charge in [0.25, 0.3) is 0 Å². The topological polar surface area (TPSA) is 130 Å². The van der Waals surface area contributed by atoms with Crippen molar-refractivity contribution in [2.45, 2.75) is 0 Å². The molecule has 24 aromatic carbocycles. The third kappa shape index (κ3) is 13.2. The van der Waals surface area contributed by atoms with Crippen molar-refractivity contribution in [3.8, 4) is 56.8 Å². The Morgan fingerprint density at radius 3 is 0.938 bits per heavy atom. The van der Waals surface area contributed by atoms with Crippen LogP contribution < -0.4 is 4.90 Å². The van der Waals surface area contributed by atoms with E-state index >= 15 is 0 Å². The van der Waals surface area contributed by atoms with Crippen LogP contribution in [0.25, 0.3) is 285 Å². The second-order valence-electron chi connectivity index (χ2n) is 37.8. The van der Waals surface area contributed by atoms with E-state index < -0.39 is 0 Å². The first-order chi connectivity index (χ1) is 72.3. The van der Waals surface area contributed by atoms with Gasteiger partial charge in [-0.05, 0) is 215 Å². The molecule has 12 nitrogen and oxygen atoms in total. The molecule has 0 unspecified atom stereocenters. The molecule has 0 saturated heterocycles. The molecular formula is C134H79N9O3. The van der Waals surface area contributed by atoms with Gasteiger partial charge in [-0.2, -0.15) is 0 Å². The molecule has 32 rings (SSSR count). The Labute approximate surface area is 833 Å². The maximum absolute atomic E-state index is 6.62. The van der Waals surface area contributed by atoms with Gasteiger partial charge in [0, 0.05) is 114 Å². The minimum absolute atomic E-state index is 0.607. The Morgan fingerprint density at radius 1 is 0.171 bits per heavy atom. The van der Waals surface area contributed by atoms with Gasteiger partial charge in [-0.15, -0.1) is 0 Å². The highest BCUT2D eigenvalue weighted by atomic mass is 16.3. The lowest BCUT2D eigenvalue weighted by molar-refractivity contribution is 0.672. The van der Waals surface area contributed by atoms with Crippen LogP contribution in [0, 0.1) is 0 Å². The minimum atomic E-state index is 0.607. The molecule has 0 radical (unpaired) electrons. The molecule has 12 heteroatoms. The van der Waals surface area contributed by atoms with Crippen molar-refractivity contribution in [2.75, 3.05) is 4.90 Å². The van der Waals surface area contributed by atoms with E-state index in [0.717, 1.165) is 187 Å². The lowest BCUT2D eigenvalue weighted by Gasteiger charge is -2.24. The SMILES string of the molecule is c1ccc(N(c2ccc3ccccc3c2)c2nc(-c3ccc4c(c3)oc3c5ccccc5ccc43)c3ccccc3n2)cc1.c1ccc2c(c1)ccc1c3ccc(-c4nc(-n5c6ccc7ccccc7c6c6c7ccccc7ccc65)nc5ccccc45)cc3oc21.c1ccc2cc(-c3ccc4c(c3)c3c5ccccc5ccc3n4-c3nc(-c4ccc5c(c4)oc4c6ccccc6ccc54)c4ccccc4n3)ccc2c1. The van der Waals surface area contributed by atoms with E-state index in [1.54, 1.807) is 0 Å². The summed E-state index contributed by atoms with van der Waals surface area (Å²) in [6, 6.07) is 169. The monoisotopic (exact) mass is 1860 g/mol. The number of anilines is 3. The van der Waals surface area contributed by atoms with Gasteiger partial charge in [-0.25, -0.2) is 29.9 Å². The summed E-state index contributed by atoms with van der Waals surface area (Å²) < 4.78 is 24.2. The largest absolute Gasteiger partial charge is 0.455 e. The van der Waals surface area contributed by atoms with Crippen molar-refractivity contribution < 1.29 is 13.3 Å². The average Bonchev–Trinajstić information content (AvgIpc) is 1.56. The highest BCUT2D eigenvalue weighted by Crippen LogP contribution is 2.48. The summed E-state index contributed by atoms with van der Waals surface area (Å²) in [7, 11) is 0. The summed E-state index contributed by atoms with van der Waals surface area (Å²) in [5.74, 6) is 1.88. The number of hydrogen-bond donors (Lipinski definition) is 0. The molecule has 0 N–H and O–H groups in total. The minimum Gasteiger partial charge on any atom is -0.455 e. The summed E-state index contributed by atoms with van der Waals surface area (Å²) in [4.78, 5) is 33.8. The number of hydrogen-bond acceptors (Lipinski definition) is 10. The Hall–Kier alpha value is -19.8. The summed E-state index contributed by atoms with van der Waals surface area (Å²) in [5.41, 5.74) is 22.1. The van der Waals surface area contributed by atoms with Crippen LogP contribution in [0.15, 0.2) is 492 Å². The normalized spacial score (nSPS) is 12.0. The van der Waals surface area contributed by atoms with Crippen LogP contribution in [-0.4, -0.2) is 39.0 Å². The van der Waals surface area contributed by atoms with Crippen molar-refractivity contribution in [3.05, 3.63) is 479 Å². The van der Waals surface area contributed by atoms with Crippen molar-refractivity contribution in [3.63, 3.8) is 0 Å². The Balaban J connectivity index is 0.000000102. The molecule has 0 bridgehead atoms. The van der Waals surface area contributed by atoms with Gasteiger partial charge in [0.05, 0.1) is 55.7 Å². The molecule has 146 heavy (non-hydrogen) atoms. The van der Waals surface area contributed by atoms with Gasteiger partial charge in [0.1, 0.15) is 33.5 Å². The predicted molar refractivity (Wildman–Crippen MR) is 606 cm³/mol. The smallest absolute Gasteiger partial charge is 0.235 e. The Kier molecular flexibility index (Phi) is 18.5. The van der Waals surface area contributed by atoms with Crippen LogP contribution in [0.5, 0.6) is 0 Å². The fraction of sp³-hybridized carbons (Fsp3) is 0. The van der Waals surface area contributed by atoms with Gasteiger partial charge in [0.15, 0.2) is 0 Å². The quantitative estimate of drug-likeness (QED) is 0.138. The summed E-state index contributed by atoms with van der Waals surface area (Å²) in [5, 5.41) is 33.4. The van der Waals surface area contributed by atoms with E-state index in [1.165, 1.54) is 97.3 Å². The molecule has 0 aliphatic heterocycles. The van der Waals surface area contributed by atoms with Crippen LogP contribution in [0.2, 0.25) is 0 Å². The van der Waals surface area contributed by atoms with Crippen LogP contribution in [0.3, 0.4) is 0 Å². The molecule has 0 aliphatic rings. The van der Waals surface area contributed by atoms with E-state index in [4.69, 9.17) is 43.2 Å². The summed E-state index contributed by atoms with van der Waals surface area (Å²) in [6.45, 7) is 0. The third-order valence-electron chi connectivity index (χ3n) is 29.6. The van der Waals surface area contributed by atoms with E-state index in [-0.39, 0.29) is 0 Å². The summed E-state index contributed by atoms with van der Waals surface area (Å²) in [6.07, 6.45) is 0. The Morgan fingerprint density at radius 2 is 0.479 bits per heavy atom. The van der Waals surface area contributed by atoms with Crippen LogP contribution >= 0.6 is 0 Å². The van der Waals surface area contributed by atoms with Gasteiger partial charge in [-0.3, -0.25) is 14.0 Å². The first-order valence-electron chi connectivity index (χ1n) is 49.3. The zero-order chi connectivity index (χ0) is 95.7. The van der Waals surface area contributed by atoms with Gasteiger partial charge in [0.2, 0.25) is 17.8 Å². The highest BCUT2D eigenvalue weighted by molar-refractivity contribution is 6.29.